The Kier molecular flexibility index (Phi) is 5.46. The zero-order valence-corrected chi connectivity index (χ0v) is 10.6. The molecule has 0 radical (unpaired) electrons. The Labute approximate surface area is 109 Å². The smallest absolute Gasteiger partial charge is 0.328 e. The van der Waals surface area contributed by atoms with Gasteiger partial charge in [0.1, 0.15) is 6.04 Å². The Morgan fingerprint density at radius 2 is 2.05 bits per heavy atom. The summed E-state index contributed by atoms with van der Waals surface area (Å²) in [5.41, 5.74) is 0.279. The zero-order valence-electron chi connectivity index (χ0n) is 10.6. The summed E-state index contributed by atoms with van der Waals surface area (Å²) in [7, 11) is 2.36. The van der Waals surface area contributed by atoms with E-state index in [9.17, 15) is 14.4 Å². The first-order valence-electron chi connectivity index (χ1n) is 5.44. The number of hydrogen-bond acceptors (Lipinski definition) is 6. The molecule has 0 saturated carbocycles. The van der Waals surface area contributed by atoms with Gasteiger partial charge in [-0.25, -0.2) is 4.79 Å². The van der Waals surface area contributed by atoms with Crippen molar-refractivity contribution in [2.45, 2.75) is 12.5 Å². The van der Waals surface area contributed by atoms with Gasteiger partial charge in [0, 0.05) is 12.4 Å². The minimum atomic E-state index is -1.09. The van der Waals surface area contributed by atoms with Gasteiger partial charge in [0.25, 0.3) is 5.91 Å². The second-order valence-corrected chi connectivity index (χ2v) is 3.57. The SMILES string of the molecule is COC(=O)C[C@H](NC(=O)c1cccnc1)C(=O)OC. The van der Waals surface area contributed by atoms with E-state index in [-0.39, 0.29) is 12.0 Å². The molecule has 0 aliphatic carbocycles. The number of pyridine rings is 1. The van der Waals surface area contributed by atoms with Crippen molar-refractivity contribution in [2.75, 3.05) is 14.2 Å². The van der Waals surface area contributed by atoms with Gasteiger partial charge in [-0.3, -0.25) is 14.6 Å². The number of carbonyl (C=O) groups excluding carboxylic acids is 3. The first kappa shape index (κ1) is 14.6. The highest BCUT2D eigenvalue weighted by molar-refractivity contribution is 5.97. The summed E-state index contributed by atoms with van der Waals surface area (Å²) in [5.74, 6) is -1.86. The summed E-state index contributed by atoms with van der Waals surface area (Å²) < 4.78 is 8.97. The minimum Gasteiger partial charge on any atom is -0.469 e. The lowest BCUT2D eigenvalue weighted by molar-refractivity contribution is -0.149. The van der Waals surface area contributed by atoms with Gasteiger partial charge in [0.05, 0.1) is 26.2 Å². The third-order valence-corrected chi connectivity index (χ3v) is 2.31. The van der Waals surface area contributed by atoms with Crippen LogP contribution in [0, 0.1) is 0 Å². The largest absolute Gasteiger partial charge is 0.469 e. The van der Waals surface area contributed by atoms with E-state index in [0.717, 1.165) is 0 Å². The number of aromatic nitrogens is 1. The minimum absolute atomic E-state index is 0.279. The molecule has 0 fully saturated rings. The molecule has 0 spiro atoms. The van der Waals surface area contributed by atoms with Crippen molar-refractivity contribution >= 4 is 17.8 Å². The van der Waals surface area contributed by atoms with Crippen LogP contribution in [0.5, 0.6) is 0 Å². The van der Waals surface area contributed by atoms with Crippen molar-refractivity contribution in [3.05, 3.63) is 30.1 Å². The maximum Gasteiger partial charge on any atom is 0.328 e. The fraction of sp³-hybridized carbons (Fsp3) is 0.333. The van der Waals surface area contributed by atoms with Gasteiger partial charge >= 0.3 is 11.9 Å². The number of amides is 1. The first-order valence-corrected chi connectivity index (χ1v) is 5.44. The van der Waals surface area contributed by atoms with Crippen LogP contribution in [0.25, 0.3) is 0 Å². The van der Waals surface area contributed by atoms with Crippen molar-refractivity contribution in [2.24, 2.45) is 0 Å². The molecule has 0 unspecified atom stereocenters. The molecule has 0 saturated heterocycles. The second kappa shape index (κ2) is 7.10. The van der Waals surface area contributed by atoms with Gasteiger partial charge in [-0.05, 0) is 12.1 Å². The van der Waals surface area contributed by atoms with E-state index in [1.165, 1.54) is 32.7 Å². The van der Waals surface area contributed by atoms with Crippen molar-refractivity contribution in [1.82, 2.24) is 10.3 Å². The number of hydrogen-bond donors (Lipinski definition) is 1. The van der Waals surface area contributed by atoms with Crippen molar-refractivity contribution in [1.29, 1.82) is 0 Å². The Morgan fingerprint density at radius 1 is 1.32 bits per heavy atom. The van der Waals surface area contributed by atoms with E-state index in [2.05, 4.69) is 19.8 Å². The van der Waals surface area contributed by atoms with Gasteiger partial charge in [-0.1, -0.05) is 0 Å². The van der Waals surface area contributed by atoms with Crippen LogP contribution in [0.2, 0.25) is 0 Å². The number of ether oxygens (including phenoxy) is 2. The van der Waals surface area contributed by atoms with Crippen LogP contribution >= 0.6 is 0 Å². The van der Waals surface area contributed by atoms with Crippen LogP contribution in [-0.4, -0.2) is 43.1 Å². The monoisotopic (exact) mass is 266 g/mol. The molecule has 0 aromatic carbocycles. The van der Waals surface area contributed by atoms with Crippen LogP contribution in [0.15, 0.2) is 24.5 Å². The number of rotatable bonds is 5. The van der Waals surface area contributed by atoms with Crippen LogP contribution in [0.4, 0.5) is 0 Å². The molecule has 102 valence electrons. The normalized spacial score (nSPS) is 11.3. The first-order chi connectivity index (χ1) is 9.08. The maximum absolute atomic E-state index is 11.8. The van der Waals surface area contributed by atoms with E-state index in [0.29, 0.717) is 0 Å². The van der Waals surface area contributed by atoms with Crippen molar-refractivity contribution < 1.29 is 23.9 Å². The van der Waals surface area contributed by atoms with Crippen LogP contribution in [0.1, 0.15) is 16.8 Å². The third-order valence-electron chi connectivity index (χ3n) is 2.31. The lowest BCUT2D eigenvalue weighted by Crippen LogP contribution is -2.43. The summed E-state index contributed by atoms with van der Waals surface area (Å²) in [6.45, 7) is 0. The molecule has 19 heavy (non-hydrogen) atoms. The molecule has 1 amide bonds. The lowest BCUT2D eigenvalue weighted by atomic mass is 10.2. The molecule has 0 aliphatic heterocycles. The Morgan fingerprint density at radius 3 is 2.58 bits per heavy atom. The number of nitrogens with zero attached hydrogens (tertiary/aromatic N) is 1. The van der Waals surface area contributed by atoms with E-state index in [4.69, 9.17) is 0 Å². The van der Waals surface area contributed by atoms with Gasteiger partial charge in [0.2, 0.25) is 0 Å². The average molecular weight is 266 g/mol. The topological polar surface area (TPSA) is 94.6 Å². The summed E-state index contributed by atoms with van der Waals surface area (Å²) in [6, 6.07) is 2.03. The quantitative estimate of drug-likeness (QED) is 0.749. The van der Waals surface area contributed by atoms with E-state index in [1.807, 2.05) is 0 Å². The third kappa shape index (κ3) is 4.38. The number of carbonyl (C=O) groups is 3. The summed E-state index contributed by atoms with van der Waals surface area (Å²) in [6.07, 6.45) is 2.57. The van der Waals surface area contributed by atoms with Crippen LogP contribution in [-0.2, 0) is 19.1 Å². The fourth-order valence-electron chi connectivity index (χ4n) is 1.32. The van der Waals surface area contributed by atoms with Crippen molar-refractivity contribution in [3.8, 4) is 0 Å². The number of methoxy groups -OCH3 is 2. The molecule has 7 nitrogen and oxygen atoms in total. The Balaban J connectivity index is 2.74. The predicted octanol–water partition coefficient (Wildman–Crippen LogP) is -0.0839. The zero-order chi connectivity index (χ0) is 14.3. The predicted molar refractivity (Wildman–Crippen MR) is 64.1 cm³/mol. The highest BCUT2D eigenvalue weighted by Gasteiger charge is 2.25. The highest BCUT2D eigenvalue weighted by Crippen LogP contribution is 2.01. The highest BCUT2D eigenvalue weighted by atomic mass is 16.5. The molecular formula is C12H14N2O5. The molecule has 1 heterocycles. The standard InChI is InChI=1S/C12H14N2O5/c1-18-10(15)6-9(12(17)19-2)14-11(16)8-4-3-5-13-7-8/h3-5,7,9H,6H2,1-2H3,(H,14,16)/t9-/m0/s1. The lowest BCUT2D eigenvalue weighted by Gasteiger charge is -2.15. The van der Waals surface area contributed by atoms with Gasteiger partial charge in [-0.15, -0.1) is 0 Å². The number of nitrogens with one attached hydrogen (secondary N) is 1. The van der Waals surface area contributed by atoms with Crippen molar-refractivity contribution in [3.63, 3.8) is 0 Å². The van der Waals surface area contributed by atoms with Crippen LogP contribution < -0.4 is 5.32 Å². The maximum atomic E-state index is 11.8. The molecule has 1 rings (SSSR count). The van der Waals surface area contributed by atoms with E-state index < -0.39 is 23.9 Å². The van der Waals surface area contributed by atoms with E-state index >= 15 is 0 Å². The molecular weight excluding hydrogens is 252 g/mol. The molecule has 1 N–H and O–H groups in total. The molecule has 7 heteroatoms. The molecule has 1 atom stereocenters. The van der Waals surface area contributed by atoms with Gasteiger partial charge in [-0.2, -0.15) is 0 Å². The molecule has 1 aromatic heterocycles. The van der Waals surface area contributed by atoms with Crippen LogP contribution in [0.3, 0.4) is 0 Å². The molecule has 0 aliphatic rings. The van der Waals surface area contributed by atoms with Gasteiger partial charge < -0.3 is 14.8 Å². The molecule has 1 aromatic rings. The Bertz CT molecular complexity index is 460. The fourth-order valence-corrected chi connectivity index (χ4v) is 1.32. The second-order valence-electron chi connectivity index (χ2n) is 3.57. The van der Waals surface area contributed by atoms with E-state index in [1.54, 1.807) is 6.07 Å². The summed E-state index contributed by atoms with van der Waals surface area (Å²) >= 11 is 0. The molecule has 0 bridgehead atoms. The Hall–Kier alpha value is -2.44. The summed E-state index contributed by atoms with van der Waals surface area (Å²) in [4.78, 5) is 38.3. The van der Waals surface area contributed by atoms with Gasteiger partial charge in [0.15, 0.2) is 0 Å². The number of esters is 2. The average Bonchev–Trinajstić information content (AvgIpc) is 2.46. The summed E-state index contributed by atoms with van der Waals surface area (Å²) in [5, 5.41) is 2.39.